The van der Waals surface area contributed by atoms with Gasteiger partial charge in [-0.3, -0.25) is 4.90 Å². The second-order valence-electron chi connectivity index (χ2n) is 6.72. The molecule has 0 aromatic heterocycles. The normalized spacial score (nSPS) is 26.9. The maximum Gasteiger partial charge on any atom is 0.213 e. The predicted octanol–water partition coefficient (Wildman–Crippen LogP) is 3.12. The molecule has 3 rings (SSSR count). The third kappa shape index (κ3) is 3.58. The van der Waals surface area contributed by atoms with Crippen LogP contribution in [0.3, 0.4) is 0 Å². The molecule has 0 saturated carbocycles. The summed E-state index contributed by atoms with van der Waals surface area (Å²) in [5.41, 5.74) is 1.21. The Bertz CT molecular complexity index is 664. The van der Waals surface area contributed by atoms with Crippen LogP contribution >= 0.6 is 11.6 Å². The molecule has 23 heavy (non-hydrogen) atoms. The molecular formula is C17H25ClN2O2S. The van der Waals surface area contributed by atoms with Gasteiger partial charge >= 0.3 is 0 Å². The molecule has 1 spiro atoms. The van der Waals surface area contributed by atoms with Gasteiger partial charge in [-0.15, -0.1) is 0 Å². The van der Waals surface area contributed by atoms with Gasteiger partial charge in [-0.25, -0.2) is 12.7 Å². The van der Waals surface area contributed by atoms with E-state index in [0.717, 1.165) is 43.8 Å². The van der Waals surface area contributed by atoms with Gasteiger partial charge in [-0.2, -0.15) is 0 Å². The molecule has 1 atom stereocenters. The summed E-state index contributed by atoms with van der Waals surface area (Å²) in [5, 5.41) is 0.759. The largest absolute Gasteiger partial charge is 0.292 e. The van der Waals surface area contributed by atoms with Gasteiger partial charge in [0.05, 0.1) is 5.75 Å². The Hall–Kier alpha value is -0.620. The van der Waals surface area contributed by atoms with Crippen LogP contribution in [0.5, 0.6) is 0 Å². The summed E-state index contributed by atoms with van der Waals surface area (Å²) in [4.78, 5) is 2.48. The van der Waals surface area contributed by atoms with Gasteiger partial charge in [0.1, 0.15) is 0 Å². The average molecular weight is 357 g/mol. The Kier molecular flexibility index (Phi) is 5.02. The summed E-state index contributed by atoms with van der Waals surface area (Å²) in [7, 11) is -3.10. The van der Waals surface area contributed by atoms with Crippen LogP contribution in [0.15, 0.2) is 24.3 Å². The fourth-order valence-corrected chi connectivity index (χ4v) is 5.47. The number of hydrogen-bond donors (Lipinski definition) is 0. The highest BCUT2D eigenvalue weighted by Gasteiger charge is 2.45. The number of benzene rings is 1. The molecule has 128 valence electrons. The Morgan fingerprint density at radius 3 is 2.65 bits per heavy atom. The van der Waals surface area contributed by atoms with Crippen LogP contribution in [0.2, 0.25) is 5.02 Å². The van der Waals surface area contributed by atoms with Crippen LogP contribution in [0.25, 0.3) is 0 Å². The second-order valence-corrected chi connectivity index (χ2v) is 9.41. The maximum atomic E-state index is 12.3. The van der Waals surface area contributed by atoms with Gasteiger partial charge in [-0.1, -0.05) is 23.7 Å². The monoisotopic (exact) mass is 356 g/mol. The van der Waals surface area contributed by atoms with Gasteiger partial charge in [0.15, 0.2) is 0 Å². The highest BCUT2D eigenvalue weighted by molar-refractivity contribution is 7.89. The molecule has 0 bridgehead atoms. The van der Waals surface area contributed by atoms with E-state index in [1.54, 1.807) is 11.2 Å². The van der Waals surface area contributed by atoms with E-state index in [-0.39, 0.29) is 11.3 Å². The van der Waals surface area contributed by atoms with Gasteiger partial charge in [0.2, 0.25) is 10.0 Å². The highest BCUT2D eigenvalue weighted by Crippen LogP contribution is 2.39. The van der Waals surface area contributed by atoms with Crippen LogP contribution < -0.4 is 0 Å². The van der Waals surface area contributed by atoms with Crippen molar-refractivity contribution >= 4 is 21.6 Å². The number of nitrogens with zero attached hydrogens (tertiary/aromatic N) is 2. The molecule has 2 fully saturated rings. The van der Waals surface area contributed by atoms with Crippen molar-refractivity contribution in [2.45, 2.75) is 44.7 Å². The number of sulfonamides is 1. The van der Waals surface area contributed by atoms with Gasteiger partial charge in [0, 0.05) is 30.2 Å². The number of piperidine rings is 1. The molecule has 0 N–H and O–H groups in total. The highest BCUT2D eigenvalue weighted by atomic mass is 35.5. The number of hydrogen-bond acceptors (Lipinski definition) is 3. The summed E-state index contributed by atoms with van der Waals surface area (Å²) in [6.45, 7) is 4.93. The minimum atomic E-state index is -3.10. The van der Waals surface area contributed by atoms with Gasteiger partial charge in [0.25, 0.3) is 0 Å². The van der Waals surface area contributed by atoms with Crippen molar-refractivity contribution in [3.63, 3.8) is 0 Å². The van der Waals surface area contributed by atoms with E-state index in [4.69, 9.17) is 11.6 Å². The van der Waals surface area contributed by atoms with Crippen molar-refractivity contribution in [2.75, 3.05) is 25.4 Å². The van der Waals surface area contributed by atoms with Crippen molar-refractivity contribution in [1.29, 1.82) is 0 Å². The zero-order chi connectivity index (χ0) is 16.5. The number of likely N-dealkylation sites (tertiary alicyclic amines) is 1. The third-order valence-corrected chi connectivity index (χ3v) is 7.35. The van der Waals surface area contributed by atoms with E-state index >= 15 is 0 Å². The van der Waals surface area contributed by atoms with Crippen LogP contribution in [-0.2, 0) is 16.6 Å². The van der Waals surface area contributed by atoms with E-state index in [2.05, 4.69) is 11.0 Å². The molecule has 1 aromatic rings. The van der Waals surface area contributed by atoms with Crippen molar-refractivity contribution in [1.82, 2.24) is 9.21 Å². The first-order chi connectivity index (χ1) is 11.0. The summed E-state index contributed by atoms with van der Waals surface area (Å²) >= 11 is 6.10. The Morgan fingerprint density at radius 1 is 1.22 bits per heavy atom. The fourth-order valence-electron chi connectivity index (χ4n) is 4.05. The van der Waals surface area contributed by atoms with E-state index < -0.39 is 10.0 Å². The zero-order valence-corrected chi connectivity index (χ0v) is 15.2. The van der Waals surface area contributed by atoms with E-state index in [0.29, 0.717) is 13.1 Å². The van der Waals surface area contributed by atoms with Gasteiger partial charge < -0.3 is 0 Å². The minimum Gasteiger partial charge on any atom is -0.292 e. The number of halogens is 1. The van der Waals surface area contributed by atoms with Crippen LogP contribution in [0.1, 0.15) is 38.2 Å². The molecule has 2 saturated heterocycles. The van der Waals surface area contributed by atoms with Crippen LogP contribution in [0, 0.1) is 0 Å². The first kappa shape index (κ1) is 17.2. The average Bonchev–Trinajstić information content (AvgIpc) is 2.89. The van der Waals surface area contributed by atoms with Crippen molar-refractivity contribution in [3.8, 4) is 0 Å². The Morgan fingerprint density at radius 2 is 1.96 bits per heavy atom. The lowest BCUT2D eigenvalue weighted by Gasteiger charge is -2.45. The fraction of sp³-hybridized carbons (Fsp3) is 0.647. The molecule has 4 nitrogen and oxygen atoms in total. The summed E-state index contributed by atoms with van der Waals surface area (Å²) in [6, 6.07) is 7.98. The first-order valence-corrected chi connectivity index (χ1v) is 10.4. The van der Waals surface area contributed by atoms with Crippen LogP contribution in [-0.4, -0.2) is 48.5 Å². The molecule has 0 radical (unpaired) electrons. The lowest BCUT2D eigenvalue weighted by atomic mass is 9.87. The lowest BCUT2D eigenvalue weighted by Crippen LogP contribution is -2.56. The third-order valence-electron chi connectivity index (χ3n) is 5.28. The molecule has 2 heterocycles. The van der Waals surface area contributed by atoms with Crippen LogP contribution in [0.4, 0.5) is 0 Å². The molecular weight excluding hydrogens is 332 g/mol. The standard InChI is InChI=1S/C17H25ClN2O2S/c1-2-23(21,22)20-11-5-9-17(14-20)8-4-10-19(17)13-15-6-3-7-16(18)12-15/h3,6-7,12H,2,4-5,8-11,13-14H2,1H3/t17-/m0/s1. The molecule has 0 aliphatic carbocycles. The quantitative estimate of drug-likeness (QED) is 0.832. The lowest BCUT2D eigenvalue weighted by molar-refractivity contribution is 0.0680. The first-order valence-electron chi connectivity index (χ1n) is 8.42. The van der Waals surface area contributed by atoms with E-state index in [9.17, 15) is 8.42 Å². The van der Waals surface area contributed by atoms with Crippen molar-refractivity contribution < 1.29 is 8.42 Å². The molecule has 1 aromatic carbocycles. The van der Waals surface area contributed by atoms with Gasteiger partial charge in [-0.05, 0) is 56.8 Å². The summed E-state index contributed by atoms with van der Waals surface area (Å²) in [5.74, 6) is 0.192. The maximum absolute atomic E-state index is 12.3. The molecule has 2 aliphatic heterocycles. The number of rotatable bonds is 4. The molecule has 2 aliphatic rings. The minimum absolute atomic E-state index is 0.00279. The zero-order valence-electron chi connectivity index (χ0n) is 13.7. The molecule has 0 amide bonds. The SMILES string of the molecule is CCS(=O)(=O)N1CCC[C@@]2(CCCN2Cc2cccc(Cl)c2)C1. The predicted molar refractivity (Wildman–Crippen MR) is 94.1 cm³/mol. The van der Waals surface area contributed by atoms with E-state index in [1.807, 2.05) is 18.2 Å². The van der Waals surface area contributed by atoms with Crippen molar-refractivity contribution in [2.24, 2.45) is 0 Å². The Labute approximate surface area is 144 Å². The van der Waals surface area contributed by atoms with Crippen molar-refractivity contribution in [3.05, 3.63) is 34.9 Å². The summed E-state index contributed by atoms with van der Waals surface area (Å²) < 4.78 is 26.3. The second kappa shape index (κ2) is 6.71. The molecule has 6 heteroatoms. The topological polar surface area (TPSA) is 40.6 Å². The summed E-state index contributed by atoms with van der Waals surface area (Å²) in [6.07, 6.45) is 4.26. The smallest absolute Gasteiger partial charge is 0.213 e. The molecule has 0 unspecified atom stereocenters. The van der Waals surface area contributed by atoms with E-state index in [1.165, 1.54) is 5.56 Å². The Balaban J connectivity index is 1.79.